The molecule has 2 heterocycles. The number of anilines is 2. The average molecular weight is 374 g/mol. The smallest absolute Gasteiger partial charge is 0.238 e. The van der Waals surface area contributed by atoms with Gasteiger partial charge in [-0.25, -0.2) is 18.5 Å². The molecule has 0 radical (unpaired) electrons. The highest BCUT2D eigenvalue weighted by Gasteiger charge is 2.11. The number of aromatic nitrogens is 3. The largest absolute Gasteiger partial charge is 0.380 e. The van der Waals surface area contributed by atoms with Crippen LogP contribution >= 0.6 is 0 Å². The number of sulfonamides is 1. The maximum Gasteiger partial charge on any atom is 0.238 e. The Labute approximate surface area is 152 Å². The molecule has 0 fully saturated rings. The van der Waals surface area contributed by atoms with Gasteiger partial charge in [0.05, 0.1) is 22.2 Å². The number of nitrogens with two attached hydrogens (primary N) is 1. The molecular weight excluding hydrogens is 352 g/mol. The van der Waals surface area contributed by atoms with Crippen LogP contribution in [0, 0.1) is 0 Å². The number of aryl methyl sites for hydroxylation is 1. The van der Waals surface area contributed by atoms with Gasteiger partial charge in [0, 0.05) is 25.7 Å². The number of hydrogen-bond acceptors (Lipinski definition) is 6. The van der Waals surface area contributed by atoms with Gasteiger partial charge in [-0.05, 0) is 31.5 Å². The van der Waals surface area contributed by atoms with E-state index < -0.39 is 10.0 Å². The molecule has 0 aliphatic heterocycles. The van der Waals surface area contributed by atoms with Crippen molar-refractivity contribution in [3.63, 3.8) is 0 Å². The molecule has 138 valence electrons. The Morgan fingerprint density at radius 1 is 1.23 bits per heavy atom. The zero-order valence-corrected chi connectivity index (χ0v) is 15.7. The zero-order chi connectivity index (χ0) is 18.9. The van der Waals surface area contributed by atoms with Gasteiger partial charge in [-0.1, -0.05) is 12.1 Å². The number of hydrogen-bond donors (Lipinski definition) is 3. The second-order valence-corrected chi connectivity index (χ2v) is 7.96. The molecule has 9 heteroatoms. The van der Waals surface area contributed by atoms with Gasteiger partial charge in [0.25, 0.3) is 0 Å². The average Bonchev–Trinajstić information content (AvgIpc) is 2.93. The monoisotopic (exact) mass is 374 g/mol. The summed E-state index contributed by atoms with van der Waals surface area (Å²) in [4.78, 5) is 4.70. The van der Waals surface area contributed by atoms with Crippen molar-refractivity contribution in [1.82, 2.24) is 14.8 Å². The molecule has 1 aromatic carbocycles. The van der Waals surface area contributed by atoms with Crippen molar-refractivity contribution < 1.29 is 8.42 Å². The van der Waals surface area contributed by atoms with Gasteiger partial charge >= 0.3 is 0 Å². The minimum atomic E-state index is -3.68. The van der Waals surface area contributed by atoms with Gasteiger partial charge < -0.3 is 10.6 Å². The fourth-order valence-electron chi connectivity index (χ4n) is 2.62. The summed E-state index contributed by atoms with van der Waals surface area (Å²) in [5, 5.41) is 17.0. The summed E-state index contributed by atoms with van der Waals surface area (Å²) in [6, 6.07) is 8.69. The molecule has 0 amide bonds. The van der Waals surface area contributed by atoms with Crippen molar-refractivity contribution in [2.75, 3.05) is 10.6 Å². The molecule has 0 unspecified atom stereocenters. The van der Waals surface area contributed by atoms with Crippen molar-refractivity contribution in [3.05, 3.63) is 42.1 Å². The van der Waals surface area contributed by atoms with Crippen molar-refractivity contribution in [1.29, 1.82) is 0 Å². The standard InChI is InChI=1S/C17H22N6O2S/c1-11(2)21-16-8-15(14-10-20-23(3)17(14)22-16)19-9-12-4-6-13(7-5-12)26(18,24)25/h4-8,10-11H,9H2,1-3H3,(H2,18,24,25)(H2,19,21,22). The van der Waals surface area contributed by atoms with Gasteiger partial charge in [-0.3, -0.25) is 4.68 Å². The molecule has 3 rings (SSSR count). The van der Waals surface area contributed by atoms with Crippen LogP contribution in [0.25, 0.3) is 11.0 Å². The van der Waals surface area contributed by atoms with Gasteiger partial charge in [0.2, 0.25) is 10.0 Å². The van der Waals surface area contributed by atoms with Crippen LogP contribution in [-0.2, 0) is 23.6 Å². The highest BCUT2D eigenvalue weighted by Crippen LogP contribution is 2.26. The summed E-state index contributed by atoms with van der Waals surface area (Å²) in [5.74, 6) is 0.767. The summed E-state index contributed by atoms with van der Waals surface area (Å²) < 4.78 is 24.4. The highest BCUT2D eigenvalue weighted by molar-refractivity contribution is 7.89. The summed E-state index contributed by atoms with van der Waals surface area (Å²) in [6.45, 7) is 4.63. The first-order chi connectivity index (χ1) is 12.2. The maximum atomic E-state index is 11.3. The first kappa shape index (κ1) is 18.2. The molecule has 0 spiro atoms. The predicted octanol–water partition coefficient (Wildman–Crippen LogP) is 2.05. The number of nitrogens with one attached hydrogen (secondary N) is 2. The topological polar surface area (TPSA) is 115 Å². The van der Waals surface area contributed by atoms with E-state index in [4.69, 9.17) is 5.14 Å². The summed E-state index contributed by atoms with van der Waals surface area (Å²) >= 11 is 0. The summed E-state index contributed by atoms with van der Waals surface area (Å²) in [6.07, 6.45) is 1.77. The molecular formula is C17H22N6O2S. The first-order valence-electron chi connectivity index (χ1n) is 8.19. The fraction of sp³-hybridized carbons (Fsp3) is 0.294. The third-order valence-corrected chi connectivity index (χ3v) is 4.81. The van der Waals surface area contributed by atoms with Crippen molar-refractivity contribution in [2.45, 2.75) is 31.3 Å². The van der Waals surface area contributed by atoms with Gasteiger partial charge in [0.15, 0.2) is 5.65 Å². The third kappa shape index (κ3) is 3.94. The number of benzene rings is 1. The molecule has 0 saturated heterocycles. The van der Waals surface area contributed by atoms with Crippen LogP contribution < -0.4 is 15.8 Å². The number of fused-ring (bicyclic) bond motifs is 1. The van der Waals surface area contributed by atoms with E-state index in [1.54, 1.807) is 23.0 Å². The van der Waals surface area contributed by atoms with E-state index in [2.05, 4.69) is 34.6 Å². The van der Waals surface area contributed by atoms with Crippen LogP contribution in [0.4, 0.5) is 11.5 Å². The van der Waals surface area contributed by atoms with E-state index >= 15 is 0 Å². The van der Waals surface area contributed by atoms with Crippen LogP contribution in [0.3, 0.4) is 0 Å². The molecule has 3 aromatic rings. The minimum Gasteiger partial charge on any atom is -0.380 e. The van der Waals surface area contributed by atoms with E-state index in [1.807, 2.05) is 13.1 Å². The minimum absolute atomic E-state index is 0.100. The zero-order valence-electron chi connectivity index (χ0n) is 14.9. The fourth-order valence-corrected chi connectivity index (χ4v) is 3.14. The lowest BCUT2D eigenvalue weighted by Crippen LogP contribution is -2.12. The quantitative estimate of drug-likeness (QED) is 0.608. The Bertz CT molecular complexity index is 1030. The highest BCUT2D eigenvalue weighted by atomic mass is 32.2. The molecule has 4 N–H and O–H groups in total. The van der Waals surface area contributed by atoms with Crippen LogP contribution in [0.5, 0.6) is 0 Å². The SMILES string of the molecule is CC(C)Nc1cc(NCc2ccc(S(N)(=O)=O)cc2)c2cnn(C)c2n1. The molecule has 0 saturated carbocycles. The molecule has 0 aliphatic rings. The molecule has 0 atom stereocenters. The lowest BCUT2D eigenvalue weighted by molar-refractivity contribution is 0.598. The normalized spacial score (nSPS) is 11.9. The van der Waals surface area contributed by atoms with E-state index in [0.29, 0.717) is 6.54 Å². The van der Waals surface area contributed by atoms with Gasteiger partial charge in [-0.15, -0.1) is 0 Å². The van der Waals surface area contributed by atoms with Gasteiger partial charge in [0.1, 0.15) is 5.82 Å². The van der Waals surface area contributed by atoms with Crippen LogP contribution in [-0.4, -0.2) is 29.2 Å². The molecule has 2 aromatic heterocycles. The van der Waals surface area contributed by atoms with Gasteiger partial charge in [-0.2, -0.15) is 5.10 Å². The van der Waals surface area contributed by atoms with E-state index in [9.17, 15) is 8.42 Å². The lowest BCUT2D eigenvalue weighted by Gasteiger charge is -2.13. The number of pyridine rings is 1. The predicted molar refractivity (Wildman–Crippen MR) is 102 cm³/mol. The molecule has 26 heavy (non-hydrogen) atoms. The van der Waals surface area contributed by atoms with E-state index in [0.717, 1.165) is 28.1 Å². The summed E-state index contributed by atoms with van der Waals surface area (Å²) in [5.41, 5.74) is 2.62. The Balaban J connectivity index is 1.86. The molecule has 0 aliphatic carbocycles. The Kier molecular flexibility index (Phi) is 4.84. The van der Waals surface area contributed by atoms with Crippen LogP contribution in [0.1, 0.15) is 19.4 Å². The Hall–Kier alpha value is -2.65. The molecule has 8 nitrogen and oxygen atoms in total. The second-order valence-electron chi connectivity index (χ2n) is 6.40. The van der Waals surface area contributed by atoms with Crippen LogP contribution in [0.2, 0.25) is 0 Å². The maximum absolute atomic E-state index is 11.3. The summed E-state index contributed by atoms with van der Waals surface area (Å²) in [7, 11) is -1.83. The van der Waals surface area contributed by atoms with Crippen molar-refractivity contribution in [2.24, 2.45) is 12.2 Å². The molecule has 0 bridgehead atoms. The number of rotatable bonds is 6. The van der Waals surface area contributed by atoms with Crippen molar-refractivity contribution in [3.8, 4) is 0 Å². The number of primary sulfonamides is 1. The first-order valence-corrected chi connectivity index (χ1v) is 9.73. The number of nitrogens with zero attached hydrogens (tertiary/aromatic N) is 3. The van der Waals surface area contributed by atoms with Crippen LogP contribution in [0.15, 0.2) is 41.4 Å². The van der Waals surface area contributed by atoms with E-state index in [-0.39, 0.29) is 10.9 Å². The third-order valence-electron chi connectivity index (χ3n) is 3.88. The lowest BCUT2D eigenvalue weighted by atomic mass is 10.2. The Morgan fingerprint density at radius 2 is 1.92 bits per heavy atom. The van der Waals surface area contributed by atoms with E-state index in [1.165, 1.54) is 12.1 Å². The second kappa shape index (κ2) is 6.93. The van der Waals surface area contributed by atoms with Crippen molar-refractivity contribution >= 4 is 32.6 Å². The Morgan fingerprint density at radius 3 is 2.54 bits per heavy atom.